The van der Waals surface area contributed by atoms with Crippen molar-refractivity contribution in [3.05, 3.63) is 23.4 Å². The van der Waals surface area contributed by atoms with Crippen molar-refractivity contribution in [3.63, 3.8) is 0 Å². The van der Waals surface area contributed by atoms with Gasteiger partial charge in [-0.15, -0.1) is 0 Å². The van der Waals surface area contributed by atoms with Crippen LogP contribution in [-0.4, -0.2) is 9.78 Å². The molecule has 0 unspecified atom stereocenters. The van der Waals surface area contributed by atoms with Gasteiger partial charge in [-0.1, -0.05) is 11.6 Å². The van der Waals surface area contributed by atoms with Crippen LogP contribution in [-0.2, 0) is 0 Å². The van der Waals surface area contributed by atoms with E-state index in [9.17, 15) is 8.78 Å². The zero-order chi connectivity index (χ0) is 10.3. The van der Waals surface area contributed by atoms with Crippen molar-refractivity contribution < 1.29 is 8.78 Å². The van der Waals surface area contributed by atoms with Gasteiger partial charge in [0.25, 0.3) is 0 Å². The zero-order valence-electron chi connectivity index (χ0n) is 6.92. The molecule has 0 fully saturated rings. The van der Waals surface area contributed by atoms with Crippen LogP contribution >= 0.6 is 11.6 Å². The molecule has 1 aromatic carbocycles. The first-order valence-electron chi connectivity index (χ1n) is 3.81. The molecular weight excluding hydrogens is 212 g/mol. The van der Waals surface area contributed by atoms with Gasteiger partial charge in [0.2, 0.25) is 0 Å². The normalized spacial score (nSPS) is 11.4. The third-order valence-electron chi connectivity index (χ3n) is 1.87. The van der Waals surface area contributed by atoms with E-state index in [-0.39, 0.29) is 10.7 Å². The lowest BCUT2D eigenvalue weighted by molar-refractivity contribution is 0.0615. The minimum absolute atomic E-state index is 0.0558. The Labute approximate surface area is 83.1 Å². The number of anilines is 1. The fourth-order valence-corrected chi connectivity index (χ4v) is 1.51. The number of hydrogen-bond acceptors (Lipinski definition) is 2. The van der Waals surface area contributed by atoms with Crippen molar-refractivity contribution in [2.24, 2.45) is 0 Å². The highest BCUT2D eigenvalue weighted by Gasteiger charge is 2.14. The summed E-state index contributed by atoms with van der Waals surface area (Å²) in [6.45, 7) is -2.72. The van der Waals surface area contributed by atoms with Crippen molar-refractivity contribution in [1.82, 2.24) is 9.78 Å². The molecule has 0 aliphatic rings. The minimum Gasteiger partial charge on any atom is -0.399 e. The van der Waals surface area contributed by atoms with Crippen LogP contribution in [0.1, 0.15) is 6.55 Å². The Morgan fingerprint density at radius 1 is 1.43 bits per heavy atom. The van der Waals surface area contributed by atoms with Crippen molar-refractivity contribution in [1.29, 1.82) is 0 Å². The van der Waals surface area contributed by atoms with Gasteiger partial charge in [-0.3, -0.25) is 0 Å². The Hall–Kier alpha value is -1.36. The highest BCUT2D eigenvalue weighted by atomic mass is 35.5. The summed E-state index contributed by atoms with van der Waals surface area (Å²) in [5.41, 5.74) is 6.11. The van der Waals surface area contributed by atoms with Gasteiger partial charge in [0, 0.05) is 11.1 Å². The van der Waals surface area contributed by atoms with Gasteiger partial charge in [-0.05, 0) is 18.2 Å². The van der Waals surface area contributed by atoms with E-state index in [1.54, 1.807) is 12.1 Å². The van der Waals surface area contributed by atoms with Crippen LogP contribution in [0.5, 0.6) is 0 Å². The average molecular weight is 218 g/mol. The molecule has 0 radical (unpaired) electrons. The number of aromatic nitrogens is 2. The number of hydrogen-bond donors (Lipinski definition) is 1. The first-order valence-corrected chi connectivity index (χ1v) is 4.19. The Balaban J connectivity index is 2.79. The third-order valence-corrected chi connectivity index (χ3v) is 2.15. The van der Waals surface area contributed by atoms with E-state index in [1.165, 1.54) is 6.07 Å². The number of halogens is 3. The van der Waals surface area contributed by atoms with E-state index < -0.39 is 6.55 Å². The third kappa shape index (κ3) is 1.29. The van der Waals surface area contributed by atoms with E-state index in [0.29, 0.717) is 15.8 Å². The summed E-state index contributed by atoms with van der Waals surface area (Å²) in [6.07, 6.45) is 0. The predicted octanol–water partition coefficient (Wildman–Crippen LogP) is 2.67. The number of nitrogen functional groups attached to an aromatic ring is 1. The lowest BCUT2D eigenvalue weighted by atomic mass is 10.2. The molecule has 14 heavy (non-hydrogen) atoms. The second-order valence-corrected chi connectivity index (χ2v) is 3.15. The quantitative estimate of drug-likeness (QED) is 0.747. The minimum atomic E-state index is -2.72. The monoisotopic (exact) mass is 217 g/mol. The SMILES string of the molecule is Nc1ccc2c(Cl)nn(C(F)F)c2c1. The van der Waals surface area contributed by atoms with Crippen LogP contribution < -0.4 is 5.73 Å². The Morgan fingerprint density at radius 3 is 2.79 bits per heavy atom. The zero-order valence-corrected chi connectivity index (χ0v) is 7.67. The molecule has 74 valence electrons. The molecule has 0 saturated heterocycles. The summed E-state index contributed by atoms with van der Waals surface area (Å²) in [4.78, 5) is 0. The second kappa shape index (κ2) is 3.09. The molecule has 0 aliphatic carbocycles. The Kier molecular flexibility index (Phi) is 2.03. The van der Waals surface area contributed by atoms with Crippen LogP contribution in [0.15, 0.2) is 18.2 Å². The van der Waals surface area contributed by atoms with E-state index in [2.05, 4.69) is 5.10 Å². The molecule has 2 N–H and O–H groups in total. The summed E-state index contributed by atoms with van der Waals surface area (Å²) in [7, 11) is 0. The van der Waals surface area contributed by atoms with Crippen LogP contribution in [0, 0.1) is 0 Å². The van der Waals surface area contributed by atoms with Crippen LogP contribution in [0.4, 0.5) is 14.5 Å². The summed E-state index contributed by atoms with van der Waals surface area (Å²) in [5.74, 6) is 0. The molecule has 0 spiro atoms. The molecule has 3 nitrogen and oxygen atoms in total. The van der Waals surface area contributed by atoms with E-state index in [0.717, 1.165) is 0 Å². The largest absolute Gasteiger partial charge is 0.399 e. The van der Waals surface area contributed by atoms with Gasteiger partial charge in [-0.25, -0.2) is 4.68 Å². The lowest BCUT2D eigenvalue weighted by Gasteiger charge is -2.00. The molecule has 0 saturated carbocycles. The van der Waals surface area contributed by atoms with Crippen LogP contribution in [0.2, 0.25) is 5.15 Å². The Bertz CT molecular complexity index is 481. The molecular formula is C8H6ClF2N3. The predicted molar refractivity (Wildman–Crippen MR) is 50.4 cm³/mol. The first kappa shape index (κ1) is 9.21. The first-order chi connectivity index (χ1) is 6.59. The molecule has 1 aromatic heterocycles. The summed E-state index contributed by atoms with van der Waals surface area (Å²) in [6, 6.07) is 4.57. The van der Waals surface area contributed by atoms with Gasteiger partial charge < -0.3 is 5.73 Å². The number of nitrogens with zero attached hydrogens (tertiary/aromatic N) is 2. The maximum absolute atomic E-state index is 12.4. The van der Waals surface area contributed by atoms with Gasteiger partial charge in [-0.2, -0.15) is 13.9 Å². The van der Waals surface area contributed by atoms with Crippen LogP contribution in [0.25, 0.3) is 10.9 Å². The number of alkyl halides is 2. The van der Waals surface area contributed by atoms with Gasteiger partial charge in [0.05, 0.1) is 5.52 Å². The van der Waals surface area contributed by atoms with E-state index in [1.807, 2.05) is 0 Å². The molecule has 6 heteroatoms. The highest BCUT2D eigenvalue weighted by molar-refractivity contribution is 6.34. The van der Waals surface area contributed by atoms with Crippen molar-refractivity contribution in [3.8, 4) is 0 Å². The number of rotatable bonds is 1. The average Bonchev–Trinajstić information content (AvgIpc) is 2.43. The topological polar surface area (TPSA) is 43.8 Å². The van der Waals surface area contributed by atoms with Crippen molar-refractivity contribution >= 4 is 28.2 Å². The molecule has 0 atom stereocenters. The number of nitrogens with two attached hydrogens (primary N) is 1. The summed E-state index contributed by atoms with van der Waals surface area (Å²) < 4.78 is 25.4. The molecule has 0 bridgehead atoms. The van der Waals surface area contributed by atoms with Crippen molar-refractivity contribution in [2.45, 2.75) is 6.55 Å². The van der Waals surface area contributed by atoms with E-state index in [4.69, 9.17) is 17.3 Å². The molecule has 2 rings (SSSR count). The second-order valence-electron chi connectivity index (χ2n) is 2.79. The lowest BCUT2D eigenvalue weighted by Crippen LogP contribution is -1.99. The van der Waals surface area contributed by atoms with Crippen molar-refractivity contribution in [2.75, 3.05) is 5.73 Å². The standard InChI is InChI=1S/C8H6ClF2N3/c9-7-5-2-1-4(12)3-6(5)14(13-7)8(10)11/h1-3,8H,12H2. The summed E-state index contributed by atoms with van der Waals surface area (Å²) in [5, 5.41) is 4.04. The van der Waals surface area contributed by atoms with Crippen LogP contribution in [0.3, 0.4) is 0 Å². The summed E-state index contributed by atoms with van der Waals surface area (Å²) >= 11 is 5.67. The highest BCUT2D eigenvalue weighted by Crippen LogP contribution is 2.27. The fourth-order valence-electron chi connectivity index (χ4n) is 1.26. The smallest absolute Gasteiger partial charge is 0.333 e. The Morgan fingerprint density at radius 2 is 2.14 bits per heavy atom. The number of benzene rings is 1. The number of fused-ring (bicyclic) bond motifs is 1. The maximum Gasteiger partial charge on any atom is 0.333 e. The molecule has 0 aliphatic heterocycles. The molecule has 2 aromatic rings. The van der Waals surface area contributed by atoms with Gasteiger partial charge >= 0.3 is 6.55 Å². The fraction of sp³-hybridized carbons (Fsp3) is 0.125. The maximum atomic E-state index is 12.4. The van der Waals surface area contributed by atoms with Gasteiger partial charge in [0.15, 0.2) is 5.15 Å². The van der Waals surface area contributed by atoms with E-state index >= 15 is 0 Å². The molecule has 1 heterocycles. The van der Waals surface area contributed by atoms with Gasteiger partial charge in [0.1, 0.15) is 0 Å². The molecule has 0 amide bonds.